The van der Waals surface area contributed by atoms with Gasteiger partial charge in [-0.1, -0.05) is 54.4 Å². The van der Waals surface area contributed by atoms with Crippen LogP contribution in [-0.2, 0) is 9.59 Å². The fourth-order valence-electron chi connectivity index (χ4n) is 3.96. The molecule has 0 spiro atoms. The average molecular weight is 307 g/mol. The fraction of sp³-hybridized carbons (Fsp3) is 0.895. The second-order valence-electron chi connectivity index (χ2n) is 9.67. The van der Waals surface area contributed by atoms with Crippen LogP contribution in [0.25, 0.3) is 0 Å². The second kappa shape index (κ2) is 5.65. The van der Waals surface area contributed by atoms with Crippen molar-refractivity contribution >= 4 is 11.7 Å². The minimum atomic E-state index is -0.434. The summed E-state index contributed by atoms with van der Waals surface area (Å²) >= 11 is 0. The van der Waals surface area contributed by atoms with E-state index in [1.807, 2.05) is 41.5 Å². The van der Waals surface area contributed by atoms with E-state index in [-0.39, 0.29) is 22.5 Å². The number of rotatable bonds is 4. The molecule has 2 rings (SSSR count). The number of nitrogens with one attached hydrogen (secondary N) is 1. The predicted molar refractivity (Wildman–Crippen MR) is 89.5 cm³/mol. The van der Waals surface area contributed by atoms with E-state index in [0.29, 0.717) is 6.42 Å². The quantitative estimate of drug-likeness (QED) is 0.850. The molecule has 22 heavy (non-hydrogen) atoms. The Morgan fingerprint density at radius 2 is 1.77 bits per heavy atom. The number of carbonyl (C=O) groups excluding carboxylic acids is 2. The van der Waals surface area contributed by atoms with Crippen LogP contribution >= 0.6 is 0 Å². The van der Waals surface area contributed by atoms with E-state index in [1.165, 1.54) is 32.1 Å². The summed E-state index contributed by atoms with van der Waals surface area (Å²) in [5.74, 6) is 0.960. The monoisotopic (exact) mass is 307 g/mol. The van der Waals surface area contributed by atoms with Crippen LogP contribution in [0, 0.1) is 22.2 Å². The van der Waals surface area contributed by atoms with Crippen molar-refractivity contribution in [3.8, 4) is 0 Å². The summed E-state index contributed by atoms with van der Waals surface area (Å²) in [6.45, 7) is 11.9. The SMILES string of the molecule is CC(C)(C)C(=O)C(NC(=O)CC12CCCCC1C2)C(C)(C)C. The zero-order valence-electron chi connectivity index (χ0n) is 15.2. The molecule has 3 unspecified atom stereocenters. The Kier molecular flexibility index (Phi) is 4.49. The first-order valence-electron chi connectivity index (χ1n) is 8.79. The molecule has 0 aromatic carbocycles. The van der Waals surface area contributed by atoms with Gasteiger partial charge in [-0.15, -0.1) is 0 Å². The van der Waals surface area contributed by atoms with Crippen molar-refractivity contribution in [1.82, 2.24) is 5.32 Å². The zero-order valence-corrected chi connectivity index (χ0v) is 15.2. The first-order valence-corrected chi connectivity index (χ1v) is 8.79. The third-order valence-electron chi connectivity index (χ3n) is 5.52. The summed E-state index contributed by atoms with van der Waals surface area (Å²) in [4.78, 5) is 25.3. The van der Waals surface area contributed by atoms with Gasteiger partial charge in [0.05, 0.1) is 6.04 Å². The first-order chi connectivity index (χ1) is 9.96. The van der Waals surface area contributed by atoms with Crippen molar-refractivity contribution in [1.29, 1.82) is 0 Å². The molecule has 3 nitrogen and oxygen atoms in total. The number of hydrogen-bond donors (Lipinski definition) is 1. The lowest BCUT2D eigenvalue weighted by Gasteiger charge is -2.35. The summed E-state index contributed by atoms with van der Waals surface area (Å²) in [7, 11) is 0. The minimum absolute atomic E-state index is 0.0712. The Balaban J connectivity index is 2.02. The Morgan fingerprint density at radius 1 is 1.14 bits per heavy atom. The lowest BCUT2D eigenvalue weighted by Crippen LogP contribution is -2.53. The number of Topliss-reactive ketones (excluding diaryl/α,β-unsaturated/α-hetero) is 1. The predicted octanol–water partition coefficient (Wildman–Crippen LogP) is 4.10. The Morgan fingerprint density at radius 3 is 2.27 bits per heavy atom. The molecule has 2 aliphatic carbocycles. The van der Waals surface area contributed by atoms with Crippen molar-refractivity contribution in [3.05, 3.63) is 0 Å². The second-order valence-corrected chi connectivity index (χ2v) is 9.67. The zero-order chi connectivity index (χ0) is 16.8. The Labute approximate surface area is 135 Å². The summed E-state index contributed by atoms with van der Waals surface area (Å²) in [5, 5.41) is 3.07. The largest absolute Gasteiger partial charge is 0.346 e. The van der Waals surface area contributed by atoms with Crippen LogP contribution in [0.3, 0.4) is 0 Å². The molecule has 0 aromatic rings. The summed E-state index contributed by atoms with van der Waals surface area (Å²) < 4.78 is 0. The van der Waals surface area contributed by atoms with Gasteiger partial charge in [0.15, 0.2) is 5.78 Å². The number of fused-ring (bicyclic) bond motifs is 1. The number of hydrogen-bond acceptors (Lipinski definition) is 2. The average Bonchev–Trinajstić information content (AvgIpc) is 3.06. The number of carbonyl (C=O) groups is 2. The van der Waals surface area contributed by atoms with Crippen molar-refractivity contribution in [2.24, 2.45) is 22.2 Å². The Bertz CT molecular complexity index is 455. The third-order valence-corrected chi connectivity index (χ3v) is 5.52. The smallest absolute Gasteiger partial charge is 0.221 e. The lowest BCUT2D eigenvalue weighted by molar-refractivity contribution is -0.135. The molecule has 1 amide bonds. The summed E-state index contributed by atoms with van der Waals surface area (Å²) in [6, 6.07) is -0.405. The van der Waals surface area contributed by atoms with E-state index in [2.05, 4.69) is 5.32 Å². The molecule has 0 saturated heterocycles. The van der Waals surface area contributed by atoms with Crippen LogP contribution in [0.4, 0.5) is 0 Å². The maximum atomic E-state index is 12.7. The first kappa shape index (κ1) is 17.5. The van der Waals surface area contributed by atoms with Crippen molar-refractivity contribution in [3.63, 3.8) is 0 Å². The van der Waals surface area contributed by atoms with Crippen LogP contribution in [0.15, 0.2) is 0 Å². The number of ketones is 1. The molecule has 1 N–H and O–H groups in total. The van der Waals surface area contributed by atoms with E-state index in [1.54, 1.807) is 0 Å². The van der Waals surface area contributed by atoms with Crippen molar-refractivity contribution in [2.45, 2.75) is 86.1 Å². The van der Waals surface area contributed by atoms with Crippen LogP contribution in [0.1, 0.15) is 80.1 Å². The van der Waals surface area contributed by atoms with Crippen LogP contribution in [0.5, 0.6) is 0 Å². The highest BCUT2D eigenvalue weighted by molar-refractivity contribution is 5.93. The normalized spacial score (nSPS) is 29.5. The van der Waals surface area contributed by atoms with E-state index in [0.717, 1.165) is 5.92 Å². The van der Waals surface area contributed by atoms with E-state index >= 15 is 0 Å². The Hall–Kier alpha value is -0.860. The summed E-state index contributed by atoms with van der Waals surface area (Å²) in [6.07, 6.45) is 6.89. The maximum absolute atomic E-state index is 12.7. The van der Waals surface area contributed by atoms with Crippen LogP contribution in [0.2, 0.25) is 0 Å². The molecule has 3 heteroatoms. The topological polar surface area (TPSA) is 46.2 Å². The van der Waals surface area contributed by atoms with Gasteiger partial charge in [0.1, 0.15) is 0 Å². The van der Waals surface area contributed by atoms with Crippen LogP contribution < -0.4 is 5.32 Å². The molecular formula is C19H33NO2. The van der Waals surface area contributed by atoms with Gasteiger partial charge >= 0.3 is 0 Å². The van der Waals surface area contributed by atoms with Gasteiger partial charge in [-0.3, -0.25) is 9.59 Å². The highest BCUT2D eigenvalue weighted by atomic mass is 16.2. The minimum Gasteiger partial charge on any atom is -0.346 e. The number of amides is 1. The molecule has 0 bridgehead atoms. The molecule has 2 aliphatic rings. The molecule has 2 fully saturated rings. The third kappa shape index (κ3) is 3.72. The maximum Gasteiger partial charge on any atom is 0.221 e. The van der Waals surface area contributed by atoms with Crippen LogP contribution in [-0.4, -0.2) is 17.7 Å². The van der Waals surface area contributed by atoms with E-state index in [9.17, 15) is 9.59 Å². The van der Waals surface area contributed by atoms with Gasteiger partial charge in [0.2, 0.25) is 5.91 Å². The molecule has 0 aliphatic heterocycles. The molecule has 0 aromatic heterocycles. The molecule has 0 heterocycles. The van der Waals surface area contributed by atoms with E-state index < -0.39 is 11.5 Å². The van der Waals surface area contributed by atoms with E-state index in [4.69, 9.17) is 0 Å². The van der Waals surface area contributed by atoms with Gasteiger partial charge in [0, 0.05) is 11.8 Å². The van der Waals surface area contributed by atoms with Gasteiger partial charge in [-0.05, 0) is 36.0 Å². The fourth-order valence-corrected chi connectivity index (χ4v) is 3.96. The molecule has 126 valence electrons. The molecule has 3 atom stereocenters. The molecular weight excluding hydrogens is 274 g/mol. The highest BCUT2D eigenvalue weighted by Crippen LogP contribution is 2.63. The van der Waals surface area contributed by atoms with Crippen molar-refractivity contribution < 1.29 is 9.59 Å². The lowest BCUT2D eigenvalue weighted by atomic mass is 9.75. The van der Waals surface area contributed by atoms with Gasteiger partial charge < -0.3 is 5.32 Å². The molecule has 0 radical (unpaired) electrons. The highest BCUT2D eigenvalue weighted by Gasteiger charge is 2.55. The van der Waals surface area contributed by atoms with Crippen molar-refractivity contribution in [2.75, 3.05) is 0 Å². The standard InChI is InChI=1S/C19H33NO2/c1-17(2,3)15(16(22)18(4,5)6)20-14(21)12-19-10-8-7-9-13(19)11-19/h13,15H,7-12H2,1-6H3,(H,20,21). The summed E-state index contributed by atoms with van der Waals surface area (Å²) in [5.41, 5.74) is -0.417. The van der Waals surface area contributed by atoms with Gasteiger partial charge in [-0.25, -0.2) is 0 Å². The van der Waals surface area contributed by atoms with Gasteiger partial charge in [-0.2, -0.15) is 0 Å². The van der Waals surface area contributed by atoms with Gasteiger partial charge in [0.25, 0.3) is 0 Å². The molecule has 2 saturated carbocycles.